The standard InChI is InChI=1S/2C12H13NO.C11H7N.C10H11NO.C10H11N.2C9H8N2O.C9H8N2S.C9H11NO2S.7CH4/c1-9-8-11(14)13-12(9,2)10-6-4-3-5-7-10;13-10-12(6-8-14-9-7-12)11-4-2-1-3-5-11;12-8-9-5-6-10-3-1-2-4-11(10)7-9;12-10-7-4-8-11(10)9-5-2-1-3-6-9;1-10(2,8-11)9-6-4-3-5-7-9;1-7-10-9(11-12-7)8-5-3-2-4-6-8;10-9-6-8(11-12-9)7-4-2-1-3-5-7;1-7-10-11-9(12-7)8-5-3-2-4-6-8;11-13(12)8-4-7-10(13)9-5-2-1-3-6-9;;;;;;;/h3-7H,1,8H2,2H3,(H,13,14);1-5H,6-9H2;1-7H;1-3,5-6H,4,7-8H2;3-7H,1-2H3;2-6H,1H3;1-6H,10H2;2-6H,1H3;1-3,5-6H,4,7-8H2;7*1H4. The van der Waals surface area contributed by atoms with Crippen LogP contribution < -0.4 is 20.3 Å². The maximum atomic E-state index is 11.5. The summed E-state index contributed by atoms with van der Waals surface area (Å²) in [6.07, 6.45) is 4.49. The molecule has 0 saturated carbocycles. The van der Waals surface area contributed by atoms with Crippen molar-refractivity contribution in [3.05, 3.63) is 336 Å². The number of nitrogens with zero attached hydrogens (tertiary/aromatic N) is 10. The monoisotopic (exact) mass is 1640 g/mol. The zero-order chi connectivity index (χ0) is 79.6. The Morgan fingerprint density at radius 1 is 0.563 bits per heavy atom. The molecule has 1 atom stereocenters. The molecule has 119 heavy (non-hydrogen) atoms. The fourth-order valence-corrected chi connectivity index (χ4v) is 14.3. The molecule has 0 radical (unpaired) electrons. The maximum absolute atomic E-state index is 11.5. The molecular formula is C98H118N12O7S2. The molecular weight excluding hydrogens is 1520 g/mol. The van der Waals surface area contributed by atoms with E-state index in [1.807, 2.05) is 318 Å². The van der Waals surface area contributed by atoms with Crippen LogP contribution in [-0.2, 0) is 40.7 Å². The first-order valence-electron chi connectivity index (χ1n) is 36.6. The average Bonchev–Trinajstić information content (AvgIpc) is 1.67. The SMILES string of the molecule is C.C.C.C.C.C.C.C=C1CC(=O)NC1(C)c1ccccc1.CC(C)(C#N)c1ccccc1.Cc1nc(-c2ccccc2)no1.Cc1nnc(-c2ccccc2)s1.N#CC1(c2ccccc2)CCOCC1.N#Cc1ccc2ccccc2c1.Nc1cc(-c2ccccc2)no1.O=C1CCCN1c1ccccc1.O=S1(=O)CCCN1c1ccccc1. The molecule has 7 heterocycles. The number of sulfonamides is 1. The number of carbonyl (C=O) groups is 2. The van der Waals surface area contributed by atoms with E-state index in [4.69, 9.17) is 30.0 Å². The quantitative estimate of drug-likeness (QED) is 0.134. The zero-order valence-corrected chi connectivity index (χ0v) is 65.1. The molecule has 2 amide bonds. The Bertz CT molecular complexity index is 5150. The minimum Gasteiger partial charge on any atom is -0.381 e. The molecule has 0 aliphatic carbocycles. The van der Waals surface area contributed by atoms with Gasteiger partial charge in [-0.2, -0.15) is 20.8 Å². The predicted molar refractivity (Wildman–Crippen MR) is 491 cm³/mol. The average molecular weight is 1640 g/mol. The highest BCUT2D eigenvalue weighted by Gasteiger charge is 2.38. The fraction of sp³-hybridized carbons (Fsp3) is 0.265. The Labute approximate surface area is 711 Å². The number of aromatic nitrogens is 5. The number of nitrogen functional groups attached to an aromatic ring is 1. The van der Waals surface area contributed by atoms with E-state index in [0.29, 0.717) is 55.8 Å². The van der Waals surface area contributed by atoms with Crippen molar-refractivity contribution in [3.63, 3.8) is 0 Å². The molecule has 17 rings (SSSR count). The van der Waals surface area contributed by atoms with Gasteiger partial charge in [-0.1, -0.05) is 329 Å². The first kappa shape index (κ1) is 102. The number of aryl methyl sites for hydroxylation is 2. The number of rotatable bonds is 8. The summed E-state index contributed by atoms with van der Waals surface area (Å²) >= 11 is 1.62. The number of fused-ring (bicyclic) bond motifs is 1. The van der Waals surface area contributed by atoms with Crippen molar-refractivity contribution in [1.29, 1.82) is 15.8 Å². The van der Waals surface area contributed by atoms with Crippen molar-refractivity contribution in [3.8, 4) is 51.4 Å². The van der Waals surface area contributed by atoms with E-state index >= 15 is 0 Å². The number of anilines is 3. The molecule has 0 spiro atoms. The van der Waals surface area contributed by atoms with Gasteiger partial charge >= 0.3 is 0 Å². The Morgan fingerprint density at radius 2 is 1.06 bits per heavy atom. The lowest BCUT2D eigenvalue weighted by molar-refractivity contribution is -0.120. The minimum absolute atomic E-state index is 0. The first-order chi connectivity index (χ1) is 54.2. The maximum Gasteiger partial charge on any atom is 0.235 e. The van der Waals surface area contributed by atoms with Gasteiger partial charge in [0.05, 0.1) is 51.6 Å². The lowest BCUT2D eigenvalue weighted by Gasteiger charge is -2.30. The summed E-state index contributed by atoms with van der Waals surface area (Å²) in [5.74, 6) is 2.17. The van der Waals surface area contributed by atoms with Crippen LogP contribution in [0.4, 0.5) is 17.3 Å². The number of nitriles is 3. The van der Waals surface area contributed by atoms with Gasteiger partial charge in [-0.05, 0) is 123 Å². The summed E-state index contributed by atoms with van der Waals surface area (Å²) < 4.78 is 39.4. The van der Waals surface area contributed by atoms with Crippen LogP contribution >= 0.6 is 11.3 Å². The Hall–Kier alpha value is -13.0. The first-order valence-corrected chi connectivity index (χ1v) is 39.0. The van der Waals surface area contributed by atoms with E-state index in [1.54, 1.807) is 24.3 Å². The molecule has 3 aromatic heterocycles. The van der Waals surface area contributed by atoms with Crippen molar-refractivity contribution in [2.45, 2.75) is 141 Å². The number of ether oxygens (including phenoxy) is 1. The van der Waals surface area contributed by atoms with E-state index in [0.717, 1.165) is 104 Å². The van der Waals surface area contributed by atoms with E-state index < -0.39 is 10.0 Å². The molecule has 3 N–H and O–H groups in total. The van der Waals surface area contributed by atoms with Crippen molar-refractivity contribution < 1.29 is 31.8 Å². The molecule has 1 unspecified atom stereocenters. The van der Waals surface area contributed by atoms with E-state index in [1.165, 1.54) is 9.69 Å². The number of hydrogen-bond acceptors (Lipinski definition) is 17. The van der Waals surface area contributed by atoms with Crippen LogP contribution in [0.2, 0.25) is 0 Å². The number of nitrogens with two attached hydrogens (primary N) is 1. The molecule has 13 aromatic rings. The Kier molecular flexibility index (Phi) is 43.9. The minimum atomic E-state index is -3.01. The van der Waals surface area contributed by atoms with Gasteiger partial charge in [0.1, 0.15) is 15.7 Å². The van der Waals surface area contributed by atoms with Crippen LogP contribution in [0.25, 0.3) is 44.0 Å². The third-order valence-electron chi connectivity index (χ3n) is 18.4. The lowest BCUT2D eigenvalue weighted by Crippen LogP contribution is -2.36. The molecule has 10 aromatic carbocycles. The van der Waals surface area contributed by atoms with Crippen LogP contribution in [0.5, 0.6) is 0 Å². The molecule has 21 heteroatoms. The van der Waals surface area contributed by atoms with Crippen molar-refractivity contribution >= 4 is 61.2 Å². The van der Waals surface area contributed by atoms with Gasteiger partial charge in [0.15, 0.2) is 0 Å². The second-order valence-corrected chi connectivity index (χ2v) is 30.0. The number of nitrogens with one attached hydrogen (secondary N) is 1. The zero-order valence-electron chi connectivity index (χ0n) is 63.4. The van der Waals surface area contributed by atoms with Crippen LogP contribution in [0, 0.1) is 47.8 Å². The molecule has 19 nitrogen and oxygen atoms in total. The molecule has 0 bridgehead atoms. The van der Waals surface area contributed by atoms with Crippen LogP contribution in [0.1, 0.15) is 144 Å². The highest BCUT2D eigenvalue weighted by molar-refractivity contribution is 7.93. The Morgan fingerprint density at radius 3 is 1.50 bits per heavy atom. The van der Waals surface area contributed by atoms with Crippen molar-refractivity contribution in [2.75, 3.05) is 47.0 Å². The van der Waals surface area contributed by atoms with Crippen molar-refractivity contribution in [2.24, 2.45) is 0 Å². The summed E-state index contributed by atoms with van der Waals surface area (Å²) in [7, 11) is -3.01. The highest BCUT2D eigenvalue weighted by atomic mass is 32.2. The number of amides is 2. The third-order valence-corrected chi connectivity index (χ3v) is 21.1. The highest BCUT2D eigenvalue weighted by Crippen LogP contribution is 2.36. The number of para-hydroxylation sites is 2. The van der Waals surface area contributed by atoms with Gasteiger partial charge in [-0.25, -0.2) is 8.42 Å². The molecule has 4 aliphatic rings. The van der Waals surface area contributed by atoms with Crippen LogP contribution in [0.15, 0.2) is 312 Å². The van der Waals surface area contributed by atoms with E-state index in [2.05, 4.69) is 55.6 Å². The second-order valence-electron chi connectivity index (χ2n) is 26.8. The molecule has 4 fully saturated rings. The number of carbonyl (C=O) groups excluding carboxylic acids is 2. The van der Waals surface area contributed by atoms with Gasteiger partial charge < -0.3 is 29.7 Å². The van der Waals surface area contributed by atoms with Gasteiger partial charge in [0.25, 0.3) is 0 Å². The number of benzene rings is 10. The normalized spacial score (nSPS) is 14.4. The van der Waals surface area contributed by atoms with Crippen molar-refractivity contribution in [1.82, 2.24) is 30.8 Å². The summed E-state index contributed by atoms with van der Waals surface area (Å²) in [6.45, 7) is 16.4. The van der Waals surface area contributed by atoms with Gasteiger partial charge in [0, 0.05) is 74.5 Å². The van der Waals surface area contributed by atoms with E-state index in [-0.39, 0.29) is 85.9 Å². The third kappa shape index (κ3) is 30.2. The van der Waals surface area contributed by atoms with Crippen LogP contribution in [-0.4, -0.2) is 77.8 Å². The molecule has 624 valence electrons. The predicted octanol–water partition coefficient (Wildman–Crippen LogP) is 23.4. The molecule has 4 aliphatic heterocycles. The summed E-state index contributed by atoms with van der Waals surface area (Å²) in [5.41, 5.74) is 15.0. The largest absolute Gasteiger partial charge is 0.381 e. The summed E-state index contributed by atoms with van der Waals surface area (Å²) in [6, 6.07) is 101. The summed E-state index contributed by atoms with van der Waals surface area (Å²) in [4.78, 5) is 28.5. The topological polar surface area (TPSA) is 284 Å². The number of hydrogen-bond donors (Lipinski definition) is 2. The van der Waals surface area contributed by atoms with Gasteiger partial charge in [-0.3, -0.25) is 13.9 Å². The van der Waals surface area contributed by atoms with E-state index in [9.17, 15) is 23.3 Å². The summed E-state index contributed by atoms with van der Waals surface area (Å²) in [5, 5.41) is 49.6. The second kappa shape index (κ2) is 51.2. The lowest BCUT2D eigenvalue weighted by atomic mass is 9.76. The van der Waals surface area contributed by atoms with Crippen LogP contribution in [0.3, 0.4) is 0 Å². The smallest absolute Gasteiger partial charge is 0.235 e. The Balaban J connectivity index is 0.000000451. The fourth-order valence-electron chi connectivity index (χ4n) is 12.0. The molecule has 4 saturated heterocycles. The van der Waals surface area contributed by atoms with Gasteiger partial charge in [-0.15, -0.1) is 10.2 Å². The van der Waals surface area contributed by atoms with Gasteiger partial charge in [0.2, 0.25) is 39.4 Å².